The molecule has 7 nitrogen and oxygen atoms in total. The van der Waals surface area contributed by atoms with E-state index in [4.69, 9.17) is 10.3 Å². The van der Waals surface area contributed by atoms with E-state index in [0.29, 0.717) is 18.9 Å². The zero-order valence-electron chi connectivity index (χ0n) is 15.1. The van der Waals surface area contributed by atoms with Crippen LogP contribution >= 0.6 is 0 Å². The van der Waals surface area contributed by atoms with Gasteiger partial charge in [-0.05, 0) is 39.7 Å². The second-order valence-corrected chi connectivity index (χ2v) is 6.62. The van der Waals surface area contributed by atoms with E-state index in [0.717, 1.165) is 60.2 Å². The van der Waals surface area contributed by atoms with Gasteiger partial charge in [0.05, 0.1) is 17.0 Å². The standard InChI is InChI=1S/C18H25N5O2/c1-11-18(12(2)25-22-11)16-10-15(20-13(3)21-16)14-5-8-23(9-6-14)17(24)4-7-19/h10,14H,4-9,19H2,1-3H3. The first-order valence-electron chi connectivity index (χ1n) is 8.76. The number of aromatic nitrogens is 3. The Morgan fingerprint density at radius 1 is 1.28 bits per heavy atom. The van der Waals surface area contributed by atoms with Crippen molar-refractivity contribution < 1.29 is 9.32 Å². The average molecular weight is 343 g/mol. The summed E-state index contributed by atoms with van der Waals surface area (Å²) in [4.78, 5) is 23.1. The fourth-order valence-electron chi connectivity index (χ4n) is 3.48. The summed E-state index contributed by atoms with van der Waals surface area (Å²) in [6, 6.07) is 2.04. The van der Waals surface area contributed by atoms with Crippen LogP contribution in [0.2, 0.25) is 0 Å². The maximum Gasteiger partial charge on any atom is 0.223 e. The Kier molecular flexibility index (Phi) is 5.13. The molecule has 0 spiro atoms. The third-order valence-corrected chi connectivity index (χ3v) is 4.77. The lowest BCUT2D eigenvalue weighted by Gasteiger charge is -2.32. The number of rotatable bonds is 4. The van der Waals surface area contributed by atoms with Crippen LogP contribution in [0.25, 0.3) is 11.3 Å². The molecule has 2 N–H and O–H groups in total. The molecule has 0 aromatic carbocycles. The Morgan fingerprint density at radius 2 is 2.00 bits per heavy atom. The molecular weight excluding hydrogens is 318 g/mol. The molecule has 7 heteroatoms. The Labute approximate surface area is 147 Å². The lowest BCUT2D eigenvalue weighted by molar-refractivity contribution is -0.132. The molecule has 1 amide bonds. The molecule has 0 bridgehead atoms. The van der Waals surface area contributed by atoms with Crippen LogP contribution in [0.5, 0.6) is 0 Å². The summed E-state index contributed by atoms with van der Waals surface area (Å²) in [6.07, 6.45) is 2.25. The number of carbonyl (C=O) groups is 1. The van der Waals surface area contributed by atoms with E-state index in [-0.39, 0.29) is 5.91 Å². The average Bonchev–Trinajstić information content (AvgIpc) is 2.93. The van der Waals surface area contributed by atoms with Gasteiger partial charge in [0.2, 0.25) is 5.91 Å². The van der Waals surface area contributed by atoms with Gasteiger partial charge >= 0.3 is 0 Å². The largest absolute Gasteiger partial charge is 0.361 e. The van der Waals surface area contributed by atoms with E-state index in [1.165, 1.54) is 0 Å². The number of nitrogens with zero attached hydrogens (tertiary/aromatic N) is 4. The number of nitrogens with two attached hydrogens (primary N) is 1. The molecule has 0 aliphatic carbocycles. The van der Waals surface area contributed by atoms with Gasteiger partial charge in [-0.15, -0.1) is 0 Å². The van der Waals surface area contributed by atoms with Crippen LogP contribution in [0, 0.1) is 20.8 Å². The van der Waals surface area contributed by atoms with E-state index in [9.17, 15) is 4.79 Å². The second kappa shape index (κ2) is 7.31. The Balaban J connectivity index is 1.79. The topological polar surface area (TPSA) is 98.1 Å². The number of hydrogen-bond donors (Lipinski definition) is 1. The summed E-state index contributed by atoms with van der Waals surface area (Å²) in [5, 5.41) is 4.02. The third kappa shape index (κ3) is 3.71. The Bertz CT molecular complexity index is 743. The van der Waals surface area contributed by atoms with Crippen molar-refractivity contribution >= 4 is 5.91 Å². The summed E-state index contributed by atoms with van der Waals surface area (Å²) >= 11 is 0. The highest BCUT2D eigenvalue weighted by atomic mass is 16.5. The molecule has 2 aromatic rings. The summed E-state index contributed by atoms with van der Waals surface area (Å²) in [5.74, 6) is 2.00. The Morgan fingerprint density at radius 3 is 2.60 bits per heavy atom. The molecule has 2 aromatic heterocycles. The van der Waals surface area contributed by atoms with Crippen molar-refractivity contribution in [2.45, 2.75) is 46.0 Å². The highest BCUT2D eigenvalue weighted by Gasteiger charge is 2.25. The summed E-state index contributed by atoms with van der Waals surface area (Å²) < 4.78 is 5.27. The van der Waals surface area contributed by atoms with Crippen molar-refractivity contribution in [1.82, 2.24) is 20.0 Å². The highest BCUT2D eigenvalue weighted by molar-refractivity contribution is 5.76. The third-order valence-electron chi connectivity index (χ3n) is 4.77. The Hall–Kier alpha value is -2.28. The number of amides is 1. The van der Waals surface area contributed by atoms with Crippen LogP contribution in [-0.2, 0) is 4.79 Å². The maximum atomic E-state index is 12.0. The first kappa shape index (κ1) is 17.5. The molecule has 0 unspecified atom stereocenters. The van der Waals surface area contributed by atoms with Crippen molar-refractivity contribution in [3.05, 3.63) is 29.0 Å². The molecule has 1 saturated heterocycles. The van der Waals surface area contributed by atoms with Gasteiger partial charge in [-0.3, -0.25) is 4.79 Å². The van der Waals surface area contributed by atoms with Gasteiger partial charge in [-0.1, -0.05) is 5.16 Å². The maximum absolute atomic E-state index is 12.0. The minimum Gasteiger partial charge on any atom is -0.361 e. The predicted octanol–water partition coefficient (Wildman–Crippen LogP) is 2.11. The molecule has 1 aliphatic heterocycles. The predicted molar refractivity (Wildman–Crippen MR) is 94.0 cm³/mol. The lowest BCUT2D eigenvalue weighted by Crippen LogP contribution is -2.38. The minimum atomic E-state index is 0.149. The highest BCUT2D eigenvalue weighted by Crippen LogP contribution is 2.31. The van der Waals surface area contributed by atoms with Crippen molar-refractivity contribution in [1.29, 1.82) is 0 Å². The first-order chi connectivity index (χ1) is 12.0. The molecule has 3 heterocycles. The molecule has 1 aliphatic rings. The quantitative estimate of drug-likeness (QED) is 0.913. The molecule has 25 heavy (non-hydrogen) atoms. The van der Waals surface area contributed by atoms with Crippen LogP contribution in [-0.4, -0.2) is 45.6 Å². The van der Waals surface area contributed by atoms with Crippen LogP contribution < -0.4 is 5.73 Å². The smallest absolute Gasteiger partial charge is 0.223 e. The van der Waals surface area contributed by atoms with Gasteiger partial charge in [0, 0.05) is 37.7 Å². The number of piperidine rings is 1. The van der Waals surface area contributed by atoms with Crippen LogP contribution in [0.15, 0.2) is 10.6 Å². The molecule has 0 radical (unpaired) electrons. The van der Waals surface area contributed by atoms with Crippen LogP contribution in [0.3, 0.4) is 0 Å². The SMILES string of the molecule is Cc1nc(-c2c(C)noc2C)cc(C2CCN(C(=O)CCN)CC2)n1. The van der Waals surface area contributed by atoms with E-state index in [1.807, 2.05) is 31.7 Å². The number of hydrogen-bond acceptors (Lipinski definition) is 6. The van der Waals surface area contributed by atoms with Crippen molar-refractivity contribution in [2.24, 2.45) is 5.73 Å². The van der Waals surface area contributed by atoms with E-state index < -0.39 is 0 Å². The first-order valence-corrected chi connectivity index (χ1v) is 8.76. The van der Waals surface area contributed by atoms with Crippen molar-refractivity contribution in [2.75, 3.05) is 19.6 Å². The number of likely N-dealkylation sites (tertiary alicyclic amines) is 1. The lowest BCUT2D eigenvalue weighted by atomic mass is 9.92. The molecule has 1 fully saturated rings. The fourth-order valence-corrected chi connectivity index (χ4v) is 3.48. The molecule has 134 valence electrons. The van der Waals surface area contributed by atoms with E-state index in [1.54, 1.807) is 0 Å². The molecule has 0 saturated carbocycles. The molecule has 0 atom stereocenters. The van der Waals surface area contributed by atoms with Crippen LogP contribution in [0.4, 0.5) is 0 Å². The minimum absolute atomic E-state index is 0.149. The monoisotopic (exact) mass is 343 g/mol. The van der Waals surface area contributed by atoms with Gasteiger partial charge in [0.25, 0.3) is 0 Å². The van der Waals surface area contributed by atoms with E-state index >= 15 is 0 Å². The number of carbonyl (C=O) groups excluding carboxylic acids is 1. The van der Waals surface area contributed by atoms with Crippen molar-refractivity contribution in [3.63, 3.8) is 0 Å². The summed E-state index contributed by atoms with van der Waals surface area (Å²) in [5.41, 5.74) is 9.16. The molecule has 3 rings (SSSR count). The normalized spacial score (nSPS) is 15.6. The van der Waals surface area contributed by atoms with Gasteiger partial charge in [0.1, 0.15) is 11.6 Å². The van der Waals surface area contributed by atoms with Crippen LogP contribution in [0.1, 0.15) is 48.2 Å². The van der Waals surface area contributed by atoms with Gasteiger partial charge < -0.3 is 15.2 Å². The summed E-state index contributed by atoms with van der Waals surface area (Å²) in [6.45, 7) is 7.65. The molecular formula is C18H25N5O2. The zero-order chi connectivity index (χ0) is 18.0. The van der Waals surface area contributed by atoms with E-state index in [2.05, 4.69) is 15.1 Å². The zero-order valence-corrected chi connectivity index (χ0v) is 15.1. The van der Waals surface area contributed by atoms with Gasteiger partial charge in [0.15, 0.2) is 0 Å². The summed E-state index contributed by atoms with van der Waals surface area (Å²) in [7, 11) is 0. The van der Waals surface area contributed by atoms with Gasteiger partial charge in [-0.25, -0.2) is 9.97 Å². The van der Waals surface area contributed by atoms with Crippen molar-refractivity contribution in [3.8, 4) is 11.3 Å². The second-order valence-electron chi connectivity index (χ2n) is 6.62. The fraction of sp³-hybridized carbons (Fsp3) is 0.556. The number of aryl methyl sites for hydroxylation is 3. The van der Waals surface area contributed by atoms with Gasteiger partial charge in [-0.2, -0.15) is 0 Å².